The van der Waals surface area contributed by atoms with E-state index in [1.165, 1.54) is 4.90 Å². The van der Waals surface area contributed by atoms with Gasteiger partial charge in [-0.3, -0.25) is 14.4 Å². The van der Waals surface area contributed by atoms with Crippen LogP contribution in [0.5, 0.6) is 0 Å². The van der Waals surface area contributed by atoms with Gasteiger partial charge in [0, 0.05) is 15.7 Å². The van der Waals surface area contributed by atoms with E-state index in [1.807, 2.05) is 0 Å². The molecule has 2 amide bonds. The highest BCUT2D eigenvalue weighted by Gasteiger charge is 2.15. The summed E-state index contributed by atoms with van der Waals surface area (Å²) in [5, 5.41) is 0. The number of halogens is 1. The molecule has 0 heterocycles. The summed E-state index contributed by atoms with van der Waals surface area (Å²) in [7, 11) is 0. The number of anilines is 1. The number of carbonyl (C=O) groups excluding carboxylic acids is 3. The molecule has 0 aliphatic heterocycles. The largest absolute Gasteiger partial charge is 0.368 e. The molecule has 1 aromatic rings. The summed E-state index contributed by atoms with van der Waals surface area (Å²) < 4.78 is 0.710. The lowest BCUT2D eigenvalue weighted by atomic mass is 10.1. The van der Waals surface area contributed by atoms with Crippen LogP contribution in [-0.4, -0.2) is 31.2 Å². The third-order valence-corrected chi connectivity index (χ3v) is 2.65. The zero-order chi connectivity index (χ0) is 13.7. The molecule has 0 saturated carbocycles. The Labute approximate surface area is 112 Å². The van der Waals surface area contributed by atoms with Gasteiger partial charge in [-0.25, -0.2) is 0 Å². The van der Waals surface area contributed by atoms with Crippen LogP contribution in [0.3, 0.4) is 0 Å². The van der Waals surface area contributed by atoms with Gasteiger partial charge in [0.15, 0.2) is 6.29 Å². The summed E-state index contributed by atoms with van der Waals surface area (Å²) in [4.78, 5) is 34.3. The third kappa shape index (κ3) is 3.85. The summed E-state index contributed by atoms with van der Waals surface area (Å²) in [6.45, 7) is -0.388. The van der Waals surface area contributed by atoms with Crippen LogP contribution in [0.2, 0.25) is 0 Å². The topological polar surface area (TPSA) is 106 Å². The van der Waals surface area contributed by atoms with E-state index >= 15 is 0 Å². The molecule has 1 rings (SSSR count). The van der Waals surface area contributed by atoms with Gasteiger partial charge >= 0.3 is 0 Å². The lowest BCUT2D eigenvalue weighted by Crippen LogP contribution is -2.40. The average molecular weight is 314 g/mol. The molecule has 0 bridgehead atoms. The lowest BCUT2D eigenvalue weighted by molar-refractivity contribution is -0.117. The number of carbonyl (C=O) groups is 3. The molecular weight excluding hydrogens is 302 g/mol. The van der Waals surface area contributed by atoms with Crippen LogP contribution in [0.1, 0.15) is 10.4 Å². The second-order valence-electron chi connectivity index (χ2n) is 3.61. The normalized spacial score (nSPS) is 9.83. The van der Waals surface area contributed by atoms with Gasteiger partial charge in [0.2, 0.25) is 11.8 Å². The maximum absolute atomic E-state index is 11.0. The van der Waals surface area contributed by atoms with Crippen molar-refractivity contribution in [3.05, 3.63) is 28.2 Å². The van der Waals surface area contributed by atoms with Crippen molar-refractivity contribution in [3.63, 3.8) is 0 Å². The maximum Gasteiger partial charge on any atom is 0.236 e. The molecule has 0 atom stereocenters. The second kappa shape index (κ2) is 6.15. The fraction of sp³-hybridized carbons (Fsp3) is 0.182. The van der Waals surface area contributed by atoms with Gasteiger partial charge in [-0.15, -0.1) is 0 Å². The zero-order valence-corrected chi connectivity index (χ0v) is 11.0. The second-order valence-corrected chi connectivity index (χ2v) is 4.53. The minimum absolute atomic E-state index is 0.194. The maximum atomic E-state index is 11.0. The van der Waals surface area contributed by atoms with Crippen molar-refractivity contribution in [2.45, 2.75) is 0 Å². The van der Waals surface area contributed by atoms with Crippen LogP contribution >= 0.6 is 15.9 Å². The van der Waals surface area contributed by atoms with Crippen molar-refractivity contribution in [3.8, 4) is 0 Å². The van der Waals surface area contributed by atoms with Gasteiger partial charge in [0.1, 0.15) is 0 Å². The molecule has 4 N–H and O–H groups in total. The Kier molecular flexibility index (Phi) is 4.85. The van der Waals surface area contributed by atoms with E-state index in [0.717, 1.165) is 0 Å². The van der Waals surface area contributed by atoms with Crippen LogP contribution in [0.4, 0.5) is 5.69 Å². The molecule has 0 fully saturated rings. The van der Waals surface area contributed by atoms with Crippen molar-refractivity contribution in [1.29, 1.82) is 0 Å². The quantitative estimate of drug-likeness (QED) is 0.723. The lowest BCUT2D eigenvalue weighted by Gasteiger charge is -2.23. The molecule has 7 heteroatoms. The van der Waals surface area contributed by atoms with Gasteiger partial charge in [0.05, 0.1) is 13.1 Å². The molecule has 0 aliphatic rings. The van der Waals surface area contributed by atoms with Crippen LogP contribution in [0, 0.1) is 0 Å². The number of benzene rings is 1. The fourth-order valence-electron chi connectivity index (χ4n) is 1.49. The Morgan fingerprint density at radius 2 is 1.78 bits per heavy atom. The zero-order valence-electron chi connectivity index (χ0n) is 9.43. The first-order valence-electron chi connectivity index (χ1n) is 5.00. The highest BCUT2D eigenvalue weighted by molar-refractivity contribution is 9.10. The van der Waals surface area contributed by atoms with E-state index in [2.05, 4.69) is 15.9 Å². The van der Waals surface area contributed by atoms with Gasteiger partial charge < -0.3 is 16.4 Å². The number of primary amides is 2. The Morgan fingerprint density at radius 3 is 2.22 bits per heavy atom. The molecule has 0 aliphatic carbocycles. The number of nitrogens with zero attached hydrogens (tertiary/aromatic N) is 1. The molecular formula is C11H12BrN3O3. The first-order chi connectivity index (χ1) is 8.43. The first-order valence-corrected chi connectivity index (χ1v) is 5.79. The minimum atomic E-state index is -0.618. The van der Waals surface area contributed by atoms with E-state index in [9.17, 15) is 14.4 Å². The van der Waals surface area contributed by atoms with Gasteiger partial charge in [0.25, 0.3) is 0 Å². The predicted molar refractivity (Wildman–Crippen MR) is 70.1 cm³/mol. The number of amides is 2. The fourth-order valence-corrected chi connectivity index (χ4v) is 1.84. The summed E-state index contributed by atoms with van der Waals surface area (Å²) in [6.07, 6.45) is 0.636. The molecule has 0 saturated heterocycles. The minimum Gasteiger partial charge on any atom is -0.368 e. The molecule has 18 heavy (non-hydrogen) atoms. The highest BCUT2D eigenvalue weighted by Crippen LogP contribution is 2.23. The summed E-state index contributed by atoms with van der Waals surface area (Å²) in [5.74, 6) is -1.24. The number of aldehydes is 1. The van der Waals surface area contributed by atoms with E-state index in [1.54, 1.807) is 18.2 Å². The van der Waals surface area contributed by atoms with Crippen LogP contribution in [0.25, 0.3) is 0 Å². The molecule has 6 nitrogen and oxygen atoms in total. The Balaban J connectivity index is 3.17. The molecule has 0 spiro atoms. The van der Waals surface area contributed by atoms with Crippen molar-refractivity contribution in [1.82, 2.24) is 0 Å². The Hall–Kier alpha value is -1.89. The van der Waals surface area contributed by atoms with Crippen LogP contribution < -0.4 is 16.4 Å². The first kappa shape index (κ1) is 14.2. The number of nitrogens with two attached hydrogens (primary N) is 2. The van der Waals surface area contributed by atoms with Gasteiger partial charge in [-0.1, -0.05) is 15.9 Å². The highest BCUT2D eigenvalue weighted by atomic mass is 79.9. The molecule has 0 radical (unpaired) electrons. The third-order valence-electron chi connectivity index (χ3n) is 2.15. The van der Waals surface area contributed by atoms with Crippen molar-refractivity contribution >= 4 is 39.7 Å². The molecule has 96 valence electrons. The van der Waals surface area contributed by atoms with E-state index in [0.29, 0.717) is 22.0 Å². The van der Waals surface area contributed by atoms with Crippen LogP contribution in [0.15, 0.2) is 22.7 Å². The predicted octanol–water partition coefficient (Wildman–Crippen LogP) is 0.0386. The summed E-state index contributed by atoms with van der Waals surface area (Å²) >= 11 is 3.25. The van der Waals surface area contributed by atoms with Crippen molar-refractivity contribution in [2.24, 2.45) is 11.5 Å². The molecule has 0 aromatic heterocycles. The summed E-state index contributed by atoms with van der Waals surface area (Å²) in [5.41, 5.74) is 11.0. The number of rotatable bonds is 6. The van der Waals surface area contributed by atoms with E-state index < -0.39 is 11.8 Å². The van der Waals surface area contributed by atoms with E-state index in [4.69, 9.17) is 11.5 Å². The van der Waals surface area contributed by atoms with Crippen molar-refractivity contribution < 1.29 is 14.4 Å². The number of hydrogen-bond acceptors (Lipinski definition) is 4. The Bertz CT molecular complexity index is 474. The van der Waals surface area contributed by atoms with E-state index in [-0.39, 0.29) is 13.1 Å². The smallest absolute Gasteiger partial charge is 0.236 e. The molecule has 1 aromatic carbocycles. The number of hydrogen-bond donors (Lipinski definition) is 2. The standard InChI is InChI=1S/C11H12BrN3O3/c12-8-2-1-7(6-16)9(3-8)15(4-10(13)17)5-11(14)18/h1-3,6H,4-5H2,(H2,13,17)(H2,14,18). The average Bonchev–Trinajstić information content (AvgIpc) is 2.26. The summed E-state index contributed by atoms with van der Waals surface area (Å²) in [6, 6.07) is 4.87. The SMILES string of the molecule is NC(=O)CN(CC(N)=O)c1cc(Br)ccc1C=O. The molecule has 0 unspecified atom stereocenters. The Morgan fingerprint density at radius 1 is 1.22 bits per heavy atom. The van der Waals surface area contributed by atoms with Gasteiger partial charge in [-0.05, 0) is 18.2 Å². The van der Waals surface area contributed by atoms with Crippen LogP contribution in [-0.2, 0) is 9.59 Å². The van der Waals surface area contributed by atoms with Gasteiger partial charge in [-0.2, -0.15) is 0 Å². The monoisotopic (exact) mass is 313 g/mol. The van der Waals surface area contributed by atoms with Crippen molar-refractivity contribution in [2.75, 3.05) is 18.0 Å².